The second-order valence-corrected chi connectivity index (χ2v) is 9.89. The van der Waals surface area contributed by atoms with Gasteiger partial charge in [-0.1, -0.05) is 17.7 Å². The molecule has 1 atom stereocenters. The molecule has 0 spiro atoms. The van der Waals surface area contributed by atoms with Gasteiger partial charge in [-0.3, -0.25) is 4.79 Å². The lowest BCUT2D eigenvalue weighted by molar-refractivity contribution is -0.130. The zero-order valence-electron chi connectivity index (χ0n) is 13.6. The molecule has 1 aromatic rings. The zero-order chi connectivity index (χ0) is 16.6. The largest absolute Gasteiger partial charge is 0.335 e. The number of amides is 1. The van der Waals surface area contributed by atoms with Crippen LogP contribution in [0.4, 0.5) is 0 Å². The summed E-state index contributed by atoms with van der Waals surface area (Å²) in [7, 11) is -2.96. The van der Waals surface area contributed by atoms with Crippen LogP contribution in [-0.2, 0) is 14.6 Å². The molecule has 0 N–H and O–H groups in total. The lowest BCUT2D eigenvalue weighted by Gasteiger charge is -2.28. The fourth-order valence-electron chi connectivity index (χ4n) is 3.13. The van der Waals surface area contributed by atoms with Crippen molar-refractivity contribution in [3.63, 3.8) is 0 Å². The molecule has 1 saturated carbocycles. The summed E-state index contributed by atoms with van der Waals surface area (Å²) in [5.41, 5.74) is 2.36. The van der Waals surface area contributed by atoms with Crippen LogP contribution in [0.5, 0.6) is 0 Å². The minimum atomic E-state index is -2.96. The lowest BCUT2D eigenvalue weighted by Crippen LogP contribution is -2.43. The molecule has 0 radical (unpaired) electrons. The quantitative estimate of drug-likeness (QED) is 0.764. The van der Waals surface area contributed by atoms with Crippen molar-refractivity contribution in [3.05, 3.63) is 29.3 Å². The number of carbonyl (C=O) groups excluding carboxylic acids is 1. The normalized spacial score (nSPS) is 23.0. The summed E-state index contributed by atoms with van der Waals surface area (Å²) in [5, 5.41) is 0. The molecule has 23 heavy (non-hydrogen) atoms. The van der Waals surface area contributed by atoms with E-state index in [1.807, 2.05) is 11.8 Å². The van der Waals surface area contributed by atoms with Crippen LogP contribution in [0, 0.1) is 13.8 Å². The van der Waals surface area contributed by atoms with Crippen LogP contribution in [-0.4, -0.2) is 48.6 Å². The van der Waals surface area contributed by atoms with E-state index in [2.05, 4.69) is 25.1 Å². The predicted octanol–water partition coefficient (Wildman–Crippen LogP) is 2.57. The molecule has 6 heteroatoms. The average Bonchev–Trinajstić information content (AvgIpc) is 3.24. The van der Waals surface area contributed by atoms with Crippen molar-refractivity contribution in [2.24, 2.45) is 0 Å². The van der Waals surface area contributed by atoms with Crippen LogP contribution in [0.3, 0.4) is 0 Å². The Balaban J connectivity index is 1.67. The van der Waals surface area contributed by atoms with Gasteiger partial charge in [0.05, 0.1) is 17.3 Å². The summed E-state index contributed by atoms with van der Waals surface area (Å²) in [6, 6.07) is 6.40. The third-order valence-electron chi connectivity index (χ3n) is 4.52. The van der Waals surface area contributed by atoms with Crippen LogP contribution in [0.25, 0.3) is 0 Å². The van der Waals surface area contributed by atoms with Gasteiger partial charge in [0, 0.05) is 17.0 Å². The summed E-state index contributed by atoms with van der Waals surface area (Å²) in [6.45, 7) is 4.10. The maximum absolute atomic E-state index is 12.7. The Labute approximate surface area is 142 Å². The van der Waals surface area contributed by atoms with E-state index >= 15 is 0 Å². The van der Waals surface area contributed by atoms with Crippen molar-refractivity contribution in [3.8, 4) is 0 Å². The van der Waals surface area contributed by atoms with Crippen molar-refractivity contribution < 1.29 is 13.2 Å². The summed E-state index contributed by atoms with van der Waals surface area (Å²) < 4.78 is 23.5. The first kappa shape index (κ1) is 16.8. The van der Waals surface area contributed by atoms with E-state index < -0.39 is 9.84 Å². The third kappa shape index (κ3) is 4.10. The molecular weight excluding hydrogens is 330 g/mol. The Kier molecular flexibility index (Phi) is 4.74. The van der Waals surface area contributed by atoms with Gasteiger partial charge in [0.2, 0.25) is 5.91 Å². The van der Waals surface area contributed by atoms with Gasteiger partial charge in [-0.15, -0.1) is 11.8 Å². The van der Waals surface area contributed by atoms with E-state index in [4.69, 9.17) is 0 Å². The molecule has 3 rings (SSSR count). The highest BCUT2D eigenvalue weighted by Crippen LogP contribution is 2.33. The van der Waals surface area contributed by atoms with Gasteiger partial charge in [-0.2, -0.15) is 0 Å². The second-order valence-electron chi connectivity index (χ2n) is 6.65. The lowest BCUT2D eigenvalue weighted by atomic mass is 10.2. The van der Waals surface area contributed by atoms with Gasteiger partial charge < -0.3 is 4.90 Å². The maximum Gasteiger partial charge on any atom is 0.233 e. The topological polar surface area (TPSA) is 54.5 Å². The Morgan fingerprint density at radius 1 is 1.22 bits per heavy atom. The highest BCUT2D eigenvalue weighted by Gasteiger charge is 2.41. The Morgan fingerprint density at radius 3 is 2.57 bits per heavy atom. The van der Waals surface area contributed by atoms with Crippen LogP contribution in [0.2, 0.25) is 0 Å². The SMILES string of the molecule is Cc1ccc(C)c(SCC(=O)N(C2CC2)[C@@H]2CCS(=O)(=O)C2)c1. The maximum atomic E-state index is 12.7. The van der Waals surface area contributed by atoms with Crippen LogP contribution in [0.1, 0.15) is 30.4 Å². The second kappa shape index (κ2) is 6.48. The minimum absolute atomic E-state index is 0.0838. The molecule has 0 unspecified atom stereocenters. The Bertz CT molecular complexity index is 711. The number of rotatable bonds is 5. The van der Waals surface area contributed by atoms with Gasteiger partial charge >= 0.3 is 0 Å². The fourth-order valence-corrected chi connectivity index (χ4v) is 5.83. The number of aryl methyl sites for hydroxylation is 2. The number of carbonyl (C=O) groups is 1. The average molecular weight is 354 g/mol. The van der Waals surface area contributed by atoms with E-state index in [9.17, 15) is 13.2 Å². The number of benzene rings is 1. The van der Waals surface area contributed by atoms with Crippen LogP contribution in [0.15, 0.2) is 23.1 Å². The molecule has 1 heterocycles. The molecule has 1 aliphatic heterocycles. The monoisotopic (exact) mass is 353 g/mol. The van der Waals surface area contributed by atoms with Gasteiger partial charge in [0.15, 0.2) is 9.84 Å². The predicted molar refractivity (Wildman–Crippen MR) is 93.6 cm³/mol. The van der Waals surface area contributed by atoms with E-state index in [0.29, 0.717) is 12.2 Å². The molecule has 0 aromatic heterocycles. The molecule has 126 valence electrons. The molecule has 1 saturated heterocycles. The molecule has 2 aliphatic rings. The fraction of sp³-hybridized carbons (Fsp3) is 0.588. The molecule has 4 nitrogen and oxygen atoms in total. The molecule has 0 bridgehead atoms. The van der Waals surface area contributed by atoms with Crippen molar-refractivity contribution in [2.45, 2.75) is 50.1 Å². The molecule has 2 fully saturated rings. The van der Waals surface area contributed by atoms with Crippen molar-refractivity contribution >= 4 is 27.5 Å². The smallest absolute Gasteiger partial charge is 0.233 e. The zero-order valence-corrected chi connectivity index (χ0v) is 15.3. The third-order valence-corrected chi connectivity index (χ3v) is 7.42. The first-order valence-electron chi connectivity index (χ1n) is 8.07. The Hall–Kier alpha value is -1.01. The van der Waals surface area contributed by atoms with Crippen molar-refractivity contribution in [2.75, 3.05) is 17.3 Å². The van der Waals surface area contributed by atoms with Gasteiger partial charge in [-0.05, 0) is 44.7 Å². The van der Waals surface area contributed by atoms with Crippen LogP contribution < -0.4 is 0 Å². The van der Waals surface area contributed by atoms with E-state index in [0.717, 1.165) is 17.7 Å². The van der Waals surface area contributed by atoms with Gasteiger partial charge in [0.1, 0.15) is 0 Å². The standard InChI is InChI=1S/C17H23NO3S2/c1-12-3-4-13(2)16(9-12)22-10-17(19)18(14-5-6-14)15-7-8-23(20,21)11-15/h3-4,9,14-15H,5-8,10-11H2,1-2H3/t15-/m1/s1. The first-order chi connectivity index (χ1) is 10.9. The number of thioether (sulfide) groups is 1. The van der Waals surface area contributed by atoms with Crippen LogP contribution >= 0.6 is 11.8 Å². The summed E-state index contributed by atoms with van der Waals surface area (Å²) in [6.07, 6.45) is 2.62. The number of hydrogen-bond acceptors (Lipinski definition) is 4. The van der Waals surface area contributed by atoms with Crippen molar-refractivity contribution in [1.82, 2.24) is 4.90 Å². The van der Waals surface area contributed by atoms with E-state index in [-0.39, 0.29) is 29.5 Å². The number of nitrogens with zero attached hydrogens (tertiary/aromatic N) is 1. The summed E-state index contributed by atoms with van der Waals surface area (Å²) >= 11 is 1.56. The molecule has 1 aromatic carbocycles. The van der Waals surface area contributed by atoms with Crippen molar-refractivity contribution in [1.29, 1.82) is 0 Å². The molecule has 1 amide bonds. The summed E-state index contributed by atoms with van der Waals surface area (Å²) in [5.74, 6) is 0.833. The molecular formula is C17H23NO3S2. The van der Waals surface area contributed by atoms with E-state index in [1.165, 1.54) is 11.1 Å². The van der Waals surface area contributed by atoms with E-state index in [1.54, 1.807) is 11.8 Å². The summed E-state index contributed by atoms with van der Waals surface area (Å²) in [4.78, 5) is 15.7. The first-order valence-corrected chi connectivity index (χ1v) is 10.9. The Morgan fingerprint density at radius 2 is 1.96 bits per heavy atom. The minimum Gasteiger partial charge on any atom is -0.335 e. The number of hydrogen-bond donors (Lipinski definition) is 0. The highest BCUT2D eigenvalue weighted by molar-refractivity contribution is 8.00. The molecule has 1 aliphatic carbocycles. The van der Waals surface area contributed by atoms with Gasteiger partial charge in [0.25, 0.3) is 0 Å². The number of sulfone groups is 1. The van der Waals surface area contributed by atoms with Gasteiger partial charge in [-0.25, -0.2) is 8.42 Å². The highest BCUT2D eigenvalue weighted by atomic mass is 32.2.